The SMILES string of the molecule is Cc1ccc([C@H](NC(=O)CN(C)Cc2nc3ccccc3c(=O)[nH]2)c2cccs2)cc1. The molecule has 2 heterocycles. The number of thiophene rings is 1. The van der Waals surface area contributed by atoms with Gasteiger partial charge in [-0.25, -0.2) is 4.98 Å². The van der Waals surface area contributed by atoms with E-state index in [2.05, 4.69) is 27.4 Å². The number of H-pyrrole nitrogens is 1. The number of nitrogens with one attached hydrogen (secondary N) is 2. The standard InChI is InChI=1S/C24H24N4O2S/c1-16-9-11-17(12-10-16)23(20-8-5-13-31-20)27-22(29)15-28(2)14-21-25-19-7-4-3-6-18(19)24(30)26-21/h3-13,23H,14-15H2,1-2H3,(H,27,29)(H,25,26,30)/t23-/m0/s1. The normalized spacial score (nSPS) is 12.2. The Morgan fingerprint density at radius 1 is 1.13 bits per heavy atom. The summed E-state index contributed by atoms with van der Waals surface area (Å²) in [6, 6.07) is 19.3. The van der Waals surface area contributed by atoms with Gasteiger partial charge < -0.3 is 10.3 Å². The molecule has 7 heteroatoms. The molecule has 31 heavy (non-hydrogen) atoms. The first-order valence-electron chi connectivity index (χ1n) is 10.1. The maximum atomic E-state index is 12.8. The first kappa shape index (κ1) is 21.0. The summed E-state index contributed by atoms with van der Waals surface area (Å²) in [5.74, 6) is 0.442. The minimum Gasteiger partial charge on any atom is -0.343 e. The molecule has 1 atom stereocenters. The molecular weight excluding hydrogens is 408 g/mol. The summed E-state index contributed by atoms with van der Waals surface area (Å²) in [7, 11) is 1.83. The number of nitrogens with zero attached hydrogens (tertiary/aromatic N) is 2. The second-order valence-corrected chi connectivity index (χ2v) is 8.61. The summed E-state index contributed by atoms with van der Waals surface area (Å²) in [5, 5.41) is 5.72. The van der Waals surface area contributed by atoms with Crippen molar-refractivity contribution >= 4 is 28.1 Å². The van der Waals surface area contributed by atoms with Crippen LogP contribution >= 0.6 is 11.3 Å². The Hall–Kier alpha value is -3.29. The third-order valence-electron chi connectivity index (χ3n) is 5.04. The highest BCUT2D eigenvalue weighted by molar-refractivity contribution is 7.10. The summed E-state index contributed by atoms with van der Waals surface area (Å²) < 4.78 is 0. The largest absolute Gasteiger partial charge is 0.343 e. The molecule has 6 nitrogen and oxygen atoms in total. The van der Waals surface area contributed by atoms with E-state index in [4.69, 9.17) is 0 Å². The Labute approximate surface area is 184 Å². The minimum atomic E-state index is -0.194. The summed E-state index contributed by atoms with van der Waals surface area (Å²) in [6.45, 7) is 2.59. The van der Waals surface area contributed by atoms with Crippen molar-refractivity contribution in [3.8, 4) is 0 Å². The van der Waals surface area contributed by atoms with E-state index in [-0.39, 0.29) is 24.1 Å². The van der Waals surface area contributed by atoms with E-state index in [1.54, 1.807) is 17.4 Å². The van der Waals surface area contributed by atoms with Crippen LogP contribution in [-0.2, 0) is 11.3 Å². The van der Waals surface area contributed by atoms with Gasteiger partial charge in [0.25, 0.3) is 5.56 Å². The van der Waals surface area contributed by atoms with Gasteiger partial charge in [-0.2, -0.15) is 0 Å². The van der Waals surface area contributed by atoms with E-state index in [1.807, 2.05) is 66.7 Å². The number of carbonyl (C=O) groups is 1. The predicted octanol–water partition coefficient (Wildman–Crippen LogP) is 3.63. The van der Waals surface area contributed by atoms with Gasteiger partial charge in [0.15, 0.2) is 0 Å². The molecule has 2 aromatic carbocycles. The smallest absolute Gasteiger partial charge is 0.258 e. The first-order chi connectivity index (χ1) is 15.0. The van der Waals surface area contributed by atoms with Crippen molar-refractivity contribution < 1.29 is 4.79 Å². The van der Waals surface area contributed by atoms with Gasteiger partial charge in [-0.3, -0.25) is 14.5 Å². The Morgan fingerprint density at radius 2 is 1.90 bits per heavy atom. The number of fused-ring (bicyclic) bond motifs is 1. The maximum Gasteiger partial charge on any atom is 0.258 e. The van der Waals surface area contributed by atoms with E-state index in [1.165, 1.54) is 5.56 Å². The Morgan fingerprint density at radius 3 is 2.65 bits per heavy atom. The lowest BCUT2D eigenvalue weighted by Crippen LogP contribution is -2.37. The van der Waals surface area contributed by atoms with Gasteiger partial charge >= 0.3 is 0 Å². The summed E-state index contributed by atoms with van der Waals surface area (Å²) in [6.07, 6.45) is 0. The van der Waals surface area contributed by atoms with Crippen molar-refractivity contribution in [2.45, 2.75) is 19.5 Å². The summed E-state index contributed by atoms with van der Waals surface area (Å²) in [4.78, 5) is 35.3. The van der Waals surface area contributed by atoms with Gasteiger partial charge in [0.05, 0.1) is 30.0 Å². The molecule has 0 aliphatic carbocycles. The Kier molecular flexibility index (Phi) is 6.25. The fourth-order valence-electron chi connectivity index (χ4n) is 3.51. The second kappa shape index (κ2) is 9.24. The number of aromatic amines is 1. The van der Waals surface area contributed by atoms with Crippen molar-refractivity contribution in [3.05, 3.63) is 98.2 Å². The third-order valence-corrected chi connectivity index (χ3v) is 5.98. The zero-order valence-corrected chi connectivity index (χ0v) is 18.3. The first-order valence-corrected chi connectivity index (χ1v) is 10.9. The molecule has 0 saturated carbocycles. The van der Waals surface area contributed by atoms with Crippen molar-refractivity contribution in [1.82, 2.24) is 20.2 Å². The van der Waals surface area contributed by atoms with Crippen LogP contribution in [0, 0.1) is 6.92 Å². The monoisotopic (exact) mass is 432 g/mol. The van der Waals surface area contributed by atoms with E-state index >= 15 is 0 Å². The summed E-state index contributed by atoms with van der Waals surface area (Å²) in [5.41, 5.74) is 2.70. The quantitative estimate of drug-likeness (QED) is 0.468. The number of likely N-dealkylation sites (N-methyl/N-ethyl adjacent to an activating group) is 1. The number of rotatable bonds is 7. The number of hydrogen-bond acceptors (Lipinski definition) is 5. The van der Waals surface area contributed by atoms with Crippen LogP contribution in [0.3, 0.4) is 0 Å². The summed E-state index contributed by atoms with van der Waals surface area (Å²) >= 11 is 1.62. The molecule has 0 radical (unpaired) electrons. The molecule has 0 aliphatic heterocycles. The van der Waals surface area contributed by atoms with Gasteiger partial charge in [-0.05, 0) is 43.1 Å². The zero-order valence-electron chi connectivity index (χ0n) is 17.5. The lowest BCUT2D eigenvalue weighted by atomic mass is 10.0. The van der Waals surface area contributed by atoms with Crippen LogP contribution in [0.2, 0.25) is 0 Å². The molecule has 158 valence electrons. The number of para-hydroxylation sites is 1. The number of aryl methyl sites for hydroxylation is 1. The van der Waals surface area contributed by atoms with Crippen molar-refractivity contribution in [2.24, 2.45) is 0 Å². The van der Waals surface area contributed by atoms with Crippen molar-refractivity contribution in [3.63, 3.8) is 0 Å². The van der Waals surface area contributed by atoms with Gasteiger partial charge in [0.1, 0.15) is 5.82 Å². The number of benzene rings is 2. The van der Waals surface area contributed by atoms with E-state index < -0.39 is 0 Å². The molecule has 0 fully saturated rings. The van der Waals surface area contributed by atoms with Crippen LogP contribution in [0.4, 0.5) is 0 Å². The van der Waals surface area contributed by atoms with Crippen LogP contribution in [0.5, 0.6) is 0 Å². The molecule has 0 bridgehead atoms. The van der Waals surface area contributed by atoms with E-state index in [0.717, 1.165) is 10.4 Å². The average Bonchev–Trinajstić information content (AvgIpc) is 3.27. The molecule has 0 saturated heterocycles. The Bertz CT molecular complexity index is 1230. The number of amides is 1. The molecule has 0 aliphatic rings. The molecular formula is C24H24N4O2S. The lowest BCUT2D eigenvalue weighted by molar-refractivity contribution is -0.122. The zero-order chi connectivity index (χ0) is 21.8. The van der Waals surface area contributed by atoms with Crippen molar-refractivity contribution in [1.29, 1.82) is 0 Å². The molecule has 0 unspecified atom stereocenters. The molecule has 1 amide bonds. The van der Waals surface area contributed by atoms with Crippen molar-refractivity contribution in [2.75, 3.05) is 13.6 Å². The van der Waals surface area contributed by atoms with E-state index in [9.17, 15) is 9.59 Å². The molecule has 0 spiro atoms. The number of hydrogen-bond donors (Lipinski definition) is 2. The van der Waals surface area contributed by atoms with Crippen LogP contribution in [-0.4, -0.2) is 34.4 Å². The highest BCUT2D eigenvalue weighted by atomic mass is 32.1. The van der Waals surface area contributed by atoms with Gasteiger partial charge in [-0.15, -0.1) is 11.3 Å². The van der Waals surface area contributed by atoms with Crippen LogP contribution in [0.1, 0.15) is 27.9 Å². The minimum absolute atomic E-state index is 0.0930. The van der Waals surface area contributed by atoms with Crippen LogP contribution in [0.25, 0.3) is 10.9 Å². The molecule has 4 aromatic rings. The van der Waals surface area contributed by atoms with Gasteiger partial charge in [-0.1, -0.05) is 48.0 Å². The fourth-order valence-corrected chi connectivity index (χ4v) is 4.31. The highest BCUT2D eigenvalue weighted by Crippen LogP contribution is 2.26. The van der Waals surface area contributed by atoms with Gasteiger partial charge in [0, 0.05) is 4.88 Å². The number of aromatic nitrogens is 2. The molecule has 2 N–H and O–H groups in total. The molecule has 2 aromatic heterocycles. The third kappa shape index (κ3) is 5.07. The maximum absolute atomic E-state index is 12.8. The second-order valence-electron chi connectivity index (χ2n) is 7.63. The molecule has 4 rings (SSSR count). The Balaban J connectivity index is 1.45. The van der Waals surface area contributed by atoms with E-state index in [0.29, 0.717) is 23.3 Å². The van der Waals surface area contributed by atoms with Gasteiger partial charge in [0.2, 0.25) is 5.91 Å². The fraction of sp³-hybridized carbons (Fsp3) is 0.208. The average molecular weight is 433 g/mol. The lowest BCUT2D eigenvalue weighted by Gasteiger charge is -2.21. The topological polar surface area (TPSA) is 78.1 Å². The number of carbonyl (C=O) groups excluding carboxylic acids is 1. The highest BCUT2D eigenvalue weighted by Gasteiger charge is 2.19. The van der Waals surface area contributed by atoms with Crippen LogP contribution in [0.15, 0.2) is 70.8 Å². The predicted molar refractivity (Wildman–Crippen MR) is 124 cm³/mol. The van der Waals surface area contributed by atoms with Crippen LogP contribution < -0.4 is 10.9 Å².